The van der Waals surface area contributed by atoms with E-state index in [4.69, 9.17) is 4.74 Å². The Kier molecular flexibility index (Phi) is 5.26. The maximum Gasteiger partial charge on any atom is 0.311 e. The maximum absolute atomic E-state index is 11.0. The highest BCUT2D eigenvalue weighted by Gasteiger charge is 2.15. The van der Waals surface area contributed by atoms with Crippen LogP contribution in [0.25, 0.3) is 0 Å². The number of benzene rings is 1. The van der Waals surface area contributed by atoms with Gasteiger partial charge < -0.3 is 15.4 Å². The number of aryl methyl sites for hydroxylation is 1. The summed E-state index contributed by atoms with van der Waals surface area (Å²) in [4.78, 5) is 14.9. The summed E-state index contributed by atoms with van der Waals surface area (Å²) in [6.45, 7) is 2.87. The van der Waals surface area contributed by atoms with Gasteiger partial charge in [0.15, 0.2) is 0 Å². The van der Waals surface area contributed by atoms with E-state index in [0.717, 1.165) is 11.3 Å². The lowest BCUT2D eigenvalue weighted by molar-refractivity contribution is -0.384. The van der Waals surface area contributed by atoms with E-state index in [-0.39, 0.29) is 11.5 Å². The summed E-state index contributed by atoms with van der Waals surface area (Å²) in [5.41, 5.74) is 1.93. The molecule has 0 saturated heterocycles. The summed E-state index contributed by atoms with van der Waals surface area (Å²) in [7, 11) is 1.57. The van der Waals surface area contributed by atoms with Crippen LogP contribution in [0.3, 0.4) is 0 Å². The number of pyridine rings is 1. The number of hydrogen-bond acceptors (Lipinski definition) is 6. The number of methoxy groups -OCH3 is 1. The quantitative estimate of drug-likeness (QED) is 0.464. The van der Waals surface area contributed by atoms with Gasteiger partial charge in [-0.3, -0.25) is 10.1 Å². The monoisotopic (exact) mass is 302 g/mol. The zero-order valence-corrected chi connectivity index (χ0v) is 12.5. The lowest BCUT2D eigenvalue weighted by Gasteiger charge is -2.10. The number of rotatable bonds is 7. The third-order valence-electron chi connectivity index (χ3n) is 2.96. The van der Waals surface area contributed by atoms with Crippen LogP contribution >= 0.6 is 0 Å². The van der Waals surface area contributed by atoms with Crippen LogP contribution in [0.4, 0.5) is 23.0 Å². The largest absolute Gasteiger partial charge is 0.383 e. The van der Waals surface area contributed by atoms with Crippen molar-refractivity contribution in [2.45, 2.75) is 6.92 Å². The fraction of sp³-hybridized carbons (Fsp3) is 0.267. The van der Waals surface area contributed by atoms with Crippen molar-refractivity contribution in [3.05, 3.63) is 52.1 Å². The summed E-state index contributed by atoms with van der Waals surface area (Å²) in [5, 5.41) is 17.1. The maximum atomic E-state index is 11.0. The normalized spacial score (nSPS) is 10.3. The summed E-state index contributed by atoms with van der Waals surface area (Å²) >= 11 is 0. The van der Waals surface area contributed by atoms with E-state index in [1.54, 1.807) is 13.2 Å². The zero-order valence-electron chi connectivity index (χ0n) is 12.5. The predicted molar refractivity (Wildman–Crippen MR) is 85.7 cm³/mol. The van der Waals surface area contributed by atoms with E-state index in [1.165, 1.54) is 6.07 Å². The second-order valence-corrected chi connectivity index (χ2v) is 4.74. The highest BCUT2D eigenvalue weighted by atomic mass is 16.6. The first-order chi connectivity index (χ1) is 10.6. The lowest BCUT2D eigenvalue weighted by atomic mass is 10.2. The van der Waals surface area contributed by atoms with Gasteiger partial charge in [-0.2, -0.15) is 0 Å². The number of hydrogen-bond donors (Lipinski definition) is 2. The van der Waals surface area contributed by atoms with Crippen molar-refractivity contribution in [2.24, 2.45) is 0 Å². The molecule has 0 unspecified atom stereocenters. The summed E-state index contributed by atoms with van der Waals surface area (Å²) in [5.74, 6) is 0.760. The van der Waals surface area contributed by atoms with Crippen LogP contribution in [0, 0.1) is 17.0 Å². The van der Waals surface area contributed by atoms with Gasteiger partial charge in [0, 0.05) is 25.4 Å². The Labute approximate surface area is 128 Å². The van der Waals surface area contributed by atoms with Crippen molar-refractivity contribution in [2.75, 3.05) is 30.9 Å². The summed E-state index contributed by atoms with van der Waals surface area (Å²) in [6.07, 6.45) is 0. The lowest BCUT2D eigenvalue weighted by Crippen LogP contribution is -2.11. The number of ether oxygens (including phenoxy) is 1. The molecule has 22 heavy (non-hydrogen) atoms. The van der Waals surface area contributed by atoms with Crippen molar-refractivity contribution < 1.29 is 9.66 Å². The molecule has 116 valence electrons. The Bertz CT molecular complexity index is 661. The smallest absolute Gasteiger partial charge is 0.311 e. The van der Waals surface area contributed by atoms with Gasteiger partial charge in [0.2, 0.25) is 5.82 Å². The first kappa shape index (κ1) is 15.7. The van der Waals surface area contributed by atoms with Crippen molar-refractivity contribution in [1.82, 2.24) is 4.98 Å². The van der Waals surface area contributed by atoms with Crippen molar-refractivity contribution in [1.29, 1.82) is 0 Å². The summed E-state index contributed by atoms with van der Waals surface area (Å²) in [6, 6.07) is 10.8. The van der Waals surface area contributed by atoms with Crippen LogP contribution in [0.15, 0.2) is 36.4 Å². The Morgan fingerprint density at radius 3 is 2.82 bits per heavy atom. The zero-order chi connectivity index (χ0) is 15.9. The second kappa shape index (κ2) is 7.37. The van der Waals surface area contributed by atoms with Gasteiger partial charge in [0.05, 0.1) is 11.5 Å². The molecule has 1 aromatic carbocycles. The minimum absolute atomic E-state index is 0.0640. The second-order valence-electron chi connectivity index (χ2n) is 4.74. The third kappa shape index (κ3) is 4.16. The number of anilines is 3. The average molecular weight is 302 g/mol. The standard InChI is InChI=1S/C15H18N4O3/c1-11-4-3-5-12(10-11)17-14-7-6-13(19(20)21)15(18-14)16-8-9-22-2/h3-7,10H,8-9H2,1-2H3,(H2,16,17,18). The molecule has 2 N–H and O–H groups in total. The van der Waals surface area contributed by atoms with Crippen LogP contribution in [0.1, 0.15) is 5.56 Å². The molecule has 0 fully saturated rings. The predicted octanol–water partition coefficient (Wildman–Crippen LogP) is 3.10. The molecule has 2 rings (SSSR count). The average Bonchev–Trinajstić information content (AvgIpc) is 2.47. The van der Waals surface area contributed by atoms with Gasteiger partial charge in [-0.25, -0.2) is 4.98 Å². The van der Waals surface area contributed by atoms with Gasteiger partial charge in [0.25, 0.3) is 0 Å². The van der Waals surface area contributed by atoms with Gasteiger partial charge in [0.1, 0.15) is 5.82 Å². The highest BCUT2D eigenvalue weighted by Crippen LogP contribution is 2.25. The van der Waals surface area contributed by atoms with E-state index in [2.05, 4.69) is 15.6 Å². The molecule has 1 aromatic heterocycles. The minimum atomic E-state index is -0.460. The molecule has 0 amide bonds. The van der Waals surface area contributed by atoms with E-state index < -0.39 is 4.92 Å². The summed E-state index contributed by atoms with van der Waals surface area (Å²) < 4.78 is 4.93. The Morgan fingerprint density at radius 2 is 2.14 bits per heavy atom. The fourth-order valence-electron chi connectivity index (χ4n) is 1.94. The fourth-order valence-corrected chi connectivity index (χ4v) is 1.94. The molecule has 2 aromatic rings. The molecule has 0 aliphatic rings. The molecule has 7 nitrogen and oxygen atoms in total. The SMILES string of the molecule is COCCNc1nc(Nc2cccc(C)c2)ccc1[N+](=O)[O-]. The number of aromatic nitrogens is 1. The first-order valence-electron chi connectivity index (χ1n) is 6.82. The topological polar surface area (TPSA) is 89.3 Å². The number of nitrogens with one attached hydrogen (secondary N) is 2. The van der Waals surface area contributed by atoms with E-state index >= 15 is 0 Å². The van der Waals surface area contributed by atoms with Gasteiger partial charge in [-0.15, -0.1) is 0 Å². The molecule has 0 bridgehead atoms. The molecule has 1 heterocycles. The Balaban J connectivity index is 2.21. The van der Waals surface area contributed by atoms with Gasteiger partial charge in [-0.05, 0) is 30.7 Å². The molecule has 0 aliphatic heterocycles. The molecule has 0 aliphatic carbocycles. The molecular weight excluding hydrogens is 284 g/mol. The molecule has 0 saturated carbocycles. The van der Waals surface area contributed by atoms with Crippen LogP contribution in [-0.4, -0.2) is 30.2 Å². The third-order valence-corrected chi connectivity index (χ3v) is 2.96. The Morgan fingerprint density at radius 1 is 1.32 bits per heavy atom. The van der Waals surface area contributed by atoms with Gasteiger partial charge >= 0.3 is 5.69 Å². The number of nitrogens with zero attached hydrogens (tertiary/aromatic N) is 2. The van der Waals surface area contributed by atoms with Crippen LogP contribution in [0.2, 0.25) is 0 Å². The van der Waals surface area contributed by atoms with Crippen LogP contribution < -0.4 is 10.6 Å². The van der Waals surface area contributed by atoms with Crippen molar-refractivity contribution in [3.63, 3.8) is 0 Å². The number of nitro groups is 1. The van der Waals surface area contributed by atoms with Crippen LogP contribution in [0.5, 0.6) is 0 Å². The van der Waals surface area contributed by atoms with Crippen molar-refractivity contribution >= 4 is 23.0 Å². The van der Waals surface area contributed by atoms with E-state index in [1.807, 2.05) is 31.2 Å². The van der Waals surface area contributed by atoms with Gasteiger partial charge in [-0.1, -0.05) is 12.1 Å². The molecule has 0 spiro atoms. The highest BCUT2D eigenvalue weighted by molar-refractivity contribution is 5.64. The Hall–Kier alpha value is -2.67. The van der Waals surface area contributed by atoms with E-state index in [0.29, 0.717) is 19.0 Å². The van der Waals surface area contributed by atoms with Crippen LogP contribution in [-0.2, 0) is 4.74 Å². The minimum Gasteiger partial charge on any atom is -0.383 e. The molecule has 7 heteroatoms. The molecule has 0 atom stereocenters. The molecular formula is C15H18N4O3. The van der Waals surface area contributed by atoms with E-state index in [9.17, 15) is 10.1 Å². The van der Waals surface area contributed by atoms with Crippen molar-refractivity contribution in [3.8, 4) is 0 Å². The first-order valence-corrected chi connectivity index (χ1v) is 6.82. The molecule has 0 radical (unpaired) electrons.